The van der Waals surface area contributed by atoms with Gasteiger partial charge in [-0.25, -0.2) is 0 Å². The smallest absolute Gasteiger partial charge is 0.550 e. The molecule has 0 bridgehead atoms. The second kappa shape index (κ2) is 25.7. The van der Waals surface area contributed by atoms with Crippen LogP contribution >= 0.6 is 0 Å². The van der Waals surface area contributed by atoms with Gasteiger partial charge in [-0.2, -0.15) is 0 Å². The quantitative estimate of drug-likeness (QED) is 0.419. The Morgan fingerprint density at radius 3 is 0.765 bits per heavy atom. The van der Waals surface area contributed by atoms with Crippen molar-refractivity contribution in [2.24, 2.45) is 0 Å². The van der Waals surface area contributed by atoms with Crippen LogP contribution in [0.25, 0.3) is 0 Å². The molecule has 0 saturated carbocycles. The molecule has 2 radical (unpaired) electrons. The van der Waals surface area contributed by atoms with Crippen molar-refractivity contribution in [2.45, 2.75) is 40.0 Å². The van der Waals surface area contributed by atoms with Gasteiger partial charge in [-0.1, -0.05) is 20.8 Å². The number of carbonyl (C=O) groups excluding carboxylic acids is 3. The molecule has 94 valence electrons. The predicted octanol–water partition coefficient (Wildman–Crippen LogP) is -2.56. The van der Waals surface area contributed by atoms with Crippen LogP contribution in [0, 0.1) is 76.4 Å². The largest absolute Gasteiger partial charge is 3.00 e. The minimum atomic E-state index is -0.995. The predicted molar refractivity (Wildman–Crippen MR) is 45.9 cm³/mol. The number of carboxylic acid groups (broad SMARTS) is 3. The molecule has 0 rings (SSSR count). The van der Waals surface area contributed by atoms with E-state index < -0.39 is 17.9 Å². The molecule has 0 aliphatic carbocycles. The second-order valence-corrected chi connectivity index (χ2v) is 2.18. The normalized spacial score (nSPS) is 6.53. The van der Waals surface area contributed by atoms with Crippen molar-refractivity contribution in [3.63, 3.8) is 0 Å². The van der Waals surface area contributed by atoms with Gasteiger partial charge < -0.3 is 29.7 Å². The van der Waals surface area contributed by atoms with Gasteiger partial charge in [0.1, 0.15) is 0 Å². The van der Waals surface area contributed by atoms with Crippen LogP contribution in [0.3, 0.4) is 0 Å². The van der Waals surface area contributed by atoms with Gasteiger partial charge in [0.15, 0.2) is 0 Å². The monoisotopic (exact) mass is 500 g/mol. The van der Waals surface area contributed by atoms with Gasteiger partial charge in [0, 0.05) is 53.5 Å². The van der Waals surface area contributed by atoms with Crippen molar-refractivity contribution < 1.29 is 106 Å². The summed E-state index contributed by atoms with van der Waals surface area (Å²) in [5, 5.41) is 27.8. The van der Waals surface area contributed by atoms with Gasteiger partial charge in [-0.15, -0.1) is 0 Å². The molecule has 0 saturated heterocycles. The summed E-state index contributed by atoms with van der Waals surface area (Å²) in [5.74, 6) is -2.99. The zero-order valence-corrected chi connectivity index (χ0v) is 17.0. The van der Waals surface area contributed by atoms with E-state index >= 15 is 0 Å². The summed E-state index contributed by atoms with van der Waals surface area (Å²) in [5.41, 5.74) is 0. The molecule has 0 heterocycles. The van der Waals surface area contributed by atoms with Crippen molar-refractivity contribution in [1.82, 2.24) is 0 Å². The third-order valence-electron chi connectivity index (χ3n) is 0.866. The summed E-state index contributed by atoms with van der Waals surface area (Å²) in [6.07, 6.45) is 0.333. The van der Waals surface area contributed by atoms with Gasteiger partial charge in [0.25, 0.3) is 0 Å². The first-order valence-electron chi connectivity index (χ1n) is 4.41. The van der Waals surface area contributed by atoms with Crippen LogP contribution in [0.1, 0.15) is 40.0 Å². The van der Waals surface area contributed by atoms with Crippen LogP contribution in [0.4, 0.5) is 0 Å². The van der Waals surface area contributed by atoms with E-state index in [0.29, 0.717) is 0 Å². The summed E-state index contributed by atoms with van der Waals surface area (Å²) in [4.78, 5) is 27.8. The van der Waals surface area contributed by atoms with Gasteiger partial charge in [-0.3, -0.25) is 0 Å². The Balaban J connectivity index is -0.0000000400. The number of aliphatic carboxylic acids is 3. The third-order valence-corrected chi connectivity index (χ3v) is 0.866. The van der Waals surface area contributed by atoms with Gasteiger partial charge in [0.2, 0.25) is 0 Å². The Bertz CT molecular complexity index is 165. The van der Waals surface area contributed by atoms with Crippen molar-refractivity contribution in [2.75, 3.05) is 0 Å². The summed E-state index contributed by atoms with van der Waals surface area (Å²) >= 11 is 0. The van der Waals surface area contributed by atoms with Gasteiger partial charge >= 0.3 is 40.8 Å². The Hall–Kier alpha value is 0.955. The molecule has 0 atom stereocenters. The van der Waals surface area contributed by atoms with Gasteiger partial charge in [-0.05, 0) is 19.3 Å². The molecule has 0 N–H and O–H groups in total. The number of rotatable bonds is 3. The molecule has 0 spiro atoms. The number of carboxylic acids is 3. The molecule has 0 aliphatic heterocycles. The van der Waals surface area contributed by atoms with E-state index in [9.17, 15) is 29.7 Å². The van der Waals surface area contributed by atoms with Gasteiger partial charge in [0.05, 0.1) is 0 Å². The molecule has 8 heteroatoms. The maximum atomic E-state index is 9.26. The molecule has 0 aromatic heterocycles. The van der Waals surface area contributed by atoms with E-state index in [1.165, 1.54) is 20.8 Å². The SMILES string of the molecule is CCC(=O)[O-].CCC(=O)[O-].CCC(=O)[O-].[La].[Nd+3]. The minimum Gasteiger partial charge on any atom is -0.550 e. The molecule has 0 fully saturated rings. The fourth-order valence-electron chi connectivity index (χ4n) is 0. The molecule has 0 unspecified atom stereocenters. The standard InChI is InChI=1S/3C3H6O2.La.Nd/c3*1-2-3(4)5;;/h3*2H2,1H3,(H,4,5);;/q;;;;+3/p-3. The number of hydrogen-bond acceptors (Lipinski definition) is 6. The summed E-state index contributed by atoms with van der Waals surface area (Å²) < 4.78 is 0. The van der Waals surface area contributed by atoms with Crippen LogP contribution in [0.2, 0.25) is 0 Å². The molecular weight excluding hydrogens is 487 g/mol. The van der Waals surface area contributed by atoms with E-state index in [1.54, 1.807) is 0 Å². The first-order chi connectivity index (χ1) is 6.81. The molecule has 0 amide bonds. The molecule has 17 heavy (non-hydrogen) atoms. The Morgan fingerprint density at radius 1 is 0.706 bits per heavy atom. The third kappa shape index (κ3) is 78.4. The van der Waals surface area contributed by atoms with E-state index in [2.05, 4.69) is 0 Å². The maximum absolute atomic E-state index is 9.26. The molecule has 0 aliphatic rings. The van der Waals surface area contributed by atoms with E-state index in [0.717, 1.165) is 0 Å². The molecule has 6 nitrogen and oxygen atoms in total. The molecule has 0 aromatic carbocycles. The van der Waals surface area contributed by atoms with Crippen LogP contribution in [0.5, 0.6) is 0 Å². The second-order valence-electron chi connectivity index (χ2n) is 2.18. The zero-order chi connectivity index (χ0) is 12.9. The van der Waals surface area contributed by atoms with Crippen molar-refractivity contribution in [1.29, 1.82) is 0 Å². The topological polar surface area (TPSA) is 120 Å². The summed E-state index contributed by atoms with van der Waals surface area (Å²) in [7, 11) is 0. The Labute approximate surface area is 162 Å². The first kappa shape index (κ1) is 30.8. The van der Waals surface area contributed by atoms with Crippen LogP contribution in [-0.4, -0.2) is 17.9 Å². The first-order valence-corrected chi connectivity index (χ1v) is 4.41. The van der Waals surface area contributed by atoms with E-state index in [-0.39, 0.29) is 95.7 Å². The fourth-order valence-corrected chi connectivity index (χ4v) is 0. The number of hydrogen-bond donors (Lipinski definition) is 0. The van der Waals surface area contributed by atoms with E-state index in [1.807, 2.05) is 0 Å². The van der Waals surface area contributed by atoms with Crippen LogP contribution < -0.4 is 15.3 Å². The van der Waals surface area contributed by atoms with Crippen molar-refractivity contribution >= 4 is 17.9 Å². The fraction of sp³-hybridized carbons (Fsp3) is 0.667. The van der Waals surface area contributed by atoms with Crippen molar-refractivity contribution in [3.8, 4) is 0 Å². The number of carbonyl (C=O) groups is 3. The van der Waals surface area contributed by atoms with E-state index in [4.69, 9.17) is 0 Å². The Kier molecular flexibility index (Phi) is 46.5. The average molecular weight is 502 g/mol. The summed E-state index contributed by atoms with van der Waals surface area (Å²) in [6, 6.07) is 0. The van der Waals surface area contributed by atoms with Crippen LogP contribution in [-0.2, 0) is 14.4 Å². The van der Waals surface area contributed by atoms with Crippen LogP contribution in [0.15, 0.2) is 0 Å². The Morgan fingerprint density at radius 2 is 0.765 bits per heavy atom. The van der Waals surface area contributed by atoms with Crippen molar-refractivity contribution in [3.05, 3.63) is 0 Å². The summed E-state index contributed by atoms with van der Waals surface area (Å²) in [6.45, 7) is 4.61. The minimum absolute atomic E-state index is 0. The molecular formula is C9H15LaNdO6. The molecule has 0 aromatic rings. The maximum Gasteiger partial charge on any atom is 3.00 e. The average Bonchev–Trinajstić information content (AvgIpc) is 2.19. The zero-order valence-electron chi connectivity index (χ0n) is 10.1.